The van der Waals surface area contributed by atoms with Gasteiger partial charge in [0.1, 0.15) is 0 Å². The topological polar surface area (TPSA) is 52.6 Å². The normalized spacial score (nSPS) is 31.2. The predicted molar refractivity (Wildman–Crippen MR) is 98.1 cm³/mol. The van der Waals surface area contributed by atoms with Crippen LogP contribution < -0.4 is 5.32 Å². The summed E-state index contributed by atoms with van der Waals surface area (Å²) in [7, 11) is 0. The number of nitrogens with one attached hydrogen (secondary N) is 1. The van der Waals surface area contributed by atoms with E-state index in [9.17, 15) is 9.90 Å². The van der Waals surface area contributed by atoms with E-state index in [-0.39, 0.29) is 11.8 Å². The van der Waals surface area contributed by atoms with Crippen molar-refractivity contribution in [1.29, 1.82) is 0 Å². The molecule has 3 fully saturated rings. The van der Waals surface area contributed by atoms with Crippen molar-refractivity contribution in [2.24, 2.45) is 5.92 Å². The summed E-state index contributed by atoms with van der Waals surface area (Å²) in [5.74, 6) is 0.280. The van der Waals surface area contributed by atoms with Gasteiger partial charge in [-0.2, -0.15) is 0 Å². The summed E-state index contributed by atoms with van der Waals surface area (Å²) in [4.78, 5) is 15.4. The Hall–Kier alpha value is -1.39. The lowest BCUT2D eigenvalue weighted by molar-refractivity contribution is -0.125. The molecule has 4 heteroatoms. The van der Waals surface area contributed by atoms with Crippen LogP contribution in [0.15, 0.2) is 30.3 Å². The molecule has 1 aromatic carbocycles. The second-order valence-corrected chi connectivity index (χ2v) is 8.19. The lowest BCUT2D eigenvalue weighted by Crippen LogP contribution is -2.39. The second-order valence-electron chi connectivity index (χ2n) is 8.19. The highest BCUT2D eigenvalue weighted by atomic mass is 16.3. The summed E-state index contributed by atoms with van der Waals surface area (Å²) < 4.78 is 0. The van der Waals surface area contributed by atoms with Crippen LogP contribution in [0.1, 0.15) is 63.0 Å². The van der Waals surface area contributed by atoms with E-state index >= 15 is 0 Å². The fourth-order valence-corrected chi connectivity index (χ4v) is 5.28. The number of rotatable bonds is 5. The summed E-state index contributed by atoms with van der Waals surface area (Å²) >= 11 is 0. The molecular weight excluding hydrogens is 312 g/mol. The van der Waals surface area contributed by atoms with Crippen LogP contribution in [0.4, 0.5) is 0 Å². The number of aliphatic hydroxyl groups is 1. The van der Waals surface area contributed by atoms with Crippen LogP contribution >= 0.6 is 0 Å². The Balaban J connectivity index is 1.37. The van der Waals surface area contributed by atoms with Crippen LogP contribution in [0.5, 0.6) is 0 Å². The number of hydrogen-bond donors (Lipinski definition) is 2. The van der Waals surface area contributed by atoms with Crippen LogP contribution in [0.25, 0.3) is 0 Å². The summed E-state index contributed by atoms with van der Waals surface area (Å²) in [5.41, 5.74) is 0.805. The number of benzene rings is 1. The van der Waals surface area contributed by atoms with E-state index in [1.807, 2.05) is 0 Å². The van der Waals surface area contributed by atoms with Crippen molar-refractivity contribution in [3.05, 3.63) is 35.9 Å². The first-order valence-corrected chi connectivity index (χ1v) is 9.97. The molecular formula is C21H30N2O2. The first kappa shape index (κ1) is 17.0. The van der Waals surface area contributed by atoms with E-state index in [1.54, 1.807) is 0 Å². The number of fused-ring (bicyclic) bond motifs is 1. The maximum Gasteiger partial charge on any atom is 0.224 e. The van der Waals surface area contributed by atoms with Gasteiger partial charge in [0.2, 0.25) is 5.91 Å². The average molecular weight is 342 g/mol. The summed E-state index contributed by atoms with van der Waals surface area (Å²) in [6.07, 6.45) is 7.94. The SMILES string of the molecule is O=C(NCCC1(O)CCCC1)[C@H]1C[C@@H](c2ccccc2)N2CCC[C@H]12. The Morgan fingerprint density at radius 2 is 1.96 bits per heavy atom. The highest BCUT2D eigenvalue weighted by Crippen LogP contribution is 2.44. The Kier molecular flexibility index (Phi) is 4.83. The van der Waals surface area contributed by atoms with E-state index in [2.05, 4.69) is 40.5 Å². The number of carbonyl (C=O) groups is 1. The number of amides is 1. The monoisotopic (exact) mass is 342 g/mol. The minimum atomic E-state index is -0.533. The molecule has 3 atom stereocenters. The maximum atomic E-state index is 12.8. The number of hydrogen-bond acceptors (Lipinski definition) is 3. The lowest BCUT2D eigenvalue weighted by Gasteiger charge is -2.25. The Morgan fingerprint density at radius 3 is 2.72 bits per heavy atom. The van der Waals surface area contributed by atoms with E-state index < -0.39 is 5.60 Å². The van der Waals surface area contributed by atoms with Gasteiger partial charge in [-0.25, -0.2) is 0 Å². The van der Waals surface area contributed by atoms with E-state index in [1.165, 1.54) is 12.0 Å². The van der Waals surface area contributed by atoms with Crippen molar-refractivity contribution < 1.29 is 9.90 Å². The zero-order chi connectivity index (χ0) is 17.3. The second kappa shape index (κ2) is 7.08. The van der Waals surface area contributed by atoms with Gasteiger partial charge in [0.15, 0.2) is 0 Å². The molecule has 2 saturated heterocycles. The van der Waals surface area contributed by atoms with Gasteiger partial charge in [0.05, 0.1) is 11.5 Å². The van der Waals surface area contributed by atoms with Crippen LogP contribution in [0, 0.1) is 5.92 Å². The van der Waals surface area contributed by atoms with Gasteiger partial charge in [-0.3, -0.25) is 9.69 Å². The minimum Gasteiger partial charge on any atom is -0.390 e. The molecule has 0 spiro atoms. The zero-order valence-corrected chi connectivity index (χ0v) is 15.0. The first-order chi connectivity index (χ1) is 12.2. The molecule has 0 bridgehead atoms. The predicted octanol–water partition coefficient (Wildman–Crippen LogP) is 3.02. The molecule has 0 unspecified atom stereocenters. The third kappa shape index (κ3) is 3.47. The van der Waals surface area contributed by atoms with Gasteiger partial charge >= 0.3 is 0 Å². The van der Waals surface area contributed by atoms with Gasteiger partial charge in [-0.05, 0) is 50.6 Å². The Bertz CT molecular complexity index is 597. The average Bonchev–Trinajstić information content (AvgIpc) is 3.32. The molecule has 4 rings (SSSR count). The van der Waals surface area contributed by atoms with E-state index in [0.717, 1.165) is 45.1 Å². The molecule has 25 heavy (non-hydrogen) atoms. The highest BCUT2D eigenvalue weighted by molar-refractivity contribution is 5.80. The fourth-order valence-electron chi connectivity index (χ4n) is 5.28. The molecule has 1 aromatic rings. The van der Waals surface area contributed by atoms with Crippen LogP contribution in [0.3, 0.4) is 0 Å². The molecule has 2 N–H and O–H groups in total. The first-order valence-electron chi connectivity index (χ1n) is 9.97. The lowest BCUT2D eigenvalue weighted by atomic mass is 9.93. The Labute approximate surface area is 150 Å². The zero-order valence-electron chi connectivity index (χ0n) is 15.0. The number of nitrogens with zero attached hydrogens (tertiary/aromatic N) is 1. The third-order valence-electron chi connectivity index (χ3n) is 6.63. The highest BCUT2D eigenvalue weighted by Gasteiger charge is 2.47. The largest absolute Gasteiger partial charge is 0.390 e. The van der Waals surface area contributed by atoms with Crippen molar-refractivity contribution in [1.82, 2.24) is 10.2 Å². The molecule has 1 aliphatic carbocycles. The van der Waals surface area contributed by atoms with Crippen molar-refractivity contribution in [3.8, 4) is 0 Å². The quantitative estimate of drug-likeness (QED) is 0.865. The number of carbonyl (C=O) groups excluding carboxylic acids is 1. The van der Waals surface area contributed by atoms with Gasteiger partial charge < -0.3 is 10.4 Å². The summed E-state index contributed by atoms with van der Waals surface area (Å²) in [5, 5.41) is 13.6. The third-order valence-corrected chi connectivity index (χ3v) is 6.63. The van der Waals surface area contributed by atoms with Crippen LogP contribution in [0.2, 0.25) is 0 Å². The molecule has 4 nitrogen and oxygen atoms in total. The van der Waals surface area contributed by atoms with E-state index in [0.29, 0.717) is 25.0 Å². The molecule has 0 aromatic heterocycles. The van der Waals surface area contributed by atoms with Crippen LogP contribution in [-0.4, -0.2) is 40.6 Å². The van der Waals surface area contributed by atoms with Crippen LogP contribution in [-0.2, 0) is 4.79 Å². The molecule has 1 saturated carbocycles. The van der Waals surface area contributed by atoms with Crippen molar-refractivity contribution in [2.45, 2.75) is 69.1 Å². The molecule has 2 heterocycles. The van der Waals surface area contributed by atoms with Crippen molar-refractivity contribution in [3.63, 3.8) is 0 Å². The van der Waals surface area contributed by atoms with Gasteiger partial charge in [0.25, 0.3) is 0 Å². The minimum absolute atomic E-state index is 0.0888. The summed E-state index contributed by atoms with van der Waals surface area (Å²) in [6, 6.07) is 11.4. The molecule has 0 radical (unpaired) electrons. The molecule has 1 amide bonds. The van der Waals surface area contributed by atoms with E-state index in [4.69, 9.17) is 0 Å². The van der Waals surface area contributed by atoms with Gasteiger partial charge in [0, 0.05) is 18.6 Å². The van der Waals surface area contributed by atoms with Gasteiger partial charge in [-0.15, -0.1) is 0 Å². The molecule has 136 valence electrons. The maximum absolute atomic E-state index is 12.8. The smallest absolute Gasteiger partial charge is 0.224 e. The Morgan fingerprint density at radius 1 is 1.20 bits per heavy atom. The van der Waals surface area contributed by atoms with Gasteiger partial charge in [-0.1, -0.05) is 43.2 Å². The fraction of sp³-hybridized carbons (Fsp3) is 0.667. The van der Waals surface area contributed by atoms with Crippen molar-refractivity contribution in [2.75, 3.05) is 13.1 Å². The summed E-state index contributed by atoms with van der Waals surface area (Å²) in [6.45, 7) is 1.71. The molecule has 2 aliphatic heterocycles. The standard InChI is InChI=1S/C21H30N2O2/c24-20(22-13-12-21(25)10-4-5-11-21)17-15-19(16-7-2-1-3-8-16)23-14-6-9-18(17)23/h1-3,7-8,17-19,25H,4-6,9-15H2,(H,22,24)/t17-,18+,19-/m0/s1. The van der Waals surface area contributed by atoms with Crippen molar-refractivity contribution >= 4 is 5.91 Å². The molecule has 3 aliphatic rings.